The molecular weight excluding hydrogens is 540 g/mol. The third-order valence-corrected chi connectivity index (χ3v) is 7.32. The molecule has 3 aromatic rings. The molecule has 2 amide bonds. The lowest BCUT2D eigenvalue weighted by molar-refractivity contribution is -0.140. The maximum Gasteiger partial charge on any atom is 0.244 e. The van der Waals surface area contributed by atoms with Crippen molar-refractivity contribution in [3.8, 4) is 5.75 Å². The minimum absolute atomic E-state index is 0.0392. The van der Waals surface area contributed by atoms with Gasteiger partial charge in [-0.2, -0.15) is 0 Å². The lowest BCUT2D eigenvalue weighted by Crippen LogP contribution is -2.53. The summed E-state index contributed by atoms with van der Waals surface area (Å²) < 4.78 is 59.0. The maximum absolute atomic E-state index is 14.0. The van der Waals surface area contributed by atoms with Gasteiger partial charge in [0.25, 0.3) is 0 Å². The number of halogens is 2. The van der Waals surface area contributed by atoms with Crippen molar-refractivity contribution in [1.82, 2.24) is 10.2 Å². The highest BCUT2D eigenvalue weighted by atomic mass is 32.2. The summed E-state index contributed by atoms with van der Waals surface area (Å²) in [6.07, 6.45) is 1.70. The molecule has 0 fully saturated rings. The van der Waals surface area contributed by atoms with Crippen LogP contribution < -0.4 is 14.4 Å². The molecule has 214 valence electrons. The molecule has 3 rings (SSSR count). The second-order valence-corrected chi connectivity index (χ2v) is 11.1. The van der Waals surface area contributed by atoms with Crippen molar-refractivity contribution < 1.29 is 31.5 Å². The van der Waals surface area contributed by atoms with E-state index in [4.69, 9.17) is 4.74 Å². The summed E-state index contributed by atoms with van der Waals surface area (Å²) in [6, 6.07) is 17.7. The van der Waals surface area contributed by atoms with Crippen molar-refractivity contribution in [2.75, 3.05) is 30.8 Å². The minimum Gasteiger partial charge on any atom is -0.497 e. The maximum atomic E-state index is 14.0. The Morgan fingerprint density at radius 1 is 0.950 bits per heavy atom. The standard InChI is InChI=1S/C29H33F2N3O5S/c1-4-15-32-29(36)27(17-21-9-6-5-7-10-21)33(19-22-11-8-12-24(16-22)39-2)28(35)20-34(40(3,37)38)23-13-14-25(30)26(31)18-23/h5-14,16,18,27H,4,15,17,19-20H2,1-3H3,(H,32,36)/t27-/m0/s1. The third-order valence-electron chi connectivity index (χ3n) is 6.18. The Bertz CT molecular complexity index is 1420. The number of methoxy groups -OCH3 is 1. The zero-order valence-corrected chi connectivity index (χ0v) is 23.5. The van der Waals surface area contributed by atoms with Crippen LogP contribution in [0.15, 0.2) is 72.8 Å². The molecule has 3 aromatic carbocycles. The molecule has 8 nitrogen and oxygen atoms in total. The van der Waals surface area contributed by atoms with Gasteiger partial charge in [0.05, 0.1) is 19.1 Å². The average Bonchev–Trinajstić information content (AvgIpc) is 2.93. The molecule has 11 heteroatoms. The fourth-order valence-corrected chi connectivity index (χ4v) is 4.98. The van der Waals surface area contributed by atoms with Crippen LogP contribution in [-0.2, 0) is 32.6 Å². The molecule has 0 bridgehead atoms. The van der Waals surface area contributed by atoms with Crippen molar-refractivity contribution in [2.24, 2.45) is 0 Å². The number of sulfonamides is 1. The van der Waals surface area contributed by atoms with E-state index >= 15 is 0 Å². The molecule has 40 heavy (non-hydrogen) atoms. The highest BCUT2D eigenvalue weighted by Gasteiger charge is 2.33. The Morgan fingerprint density at radius 3 is 2.27 bits per heavy atom. The van der Waals surface area contributed by atoms with Crippen LogP contribution in [0.5, 0.6) is 5.75 Å². The Kier molecular flexibility index (Phi) is 10.6. The van der Waals surface area contributed by atoms with Gasteiger partial charge in [-0.15, -0.1) is 0 Å². The average molecular weight is 574 g/mol. The van der Waals surface area contributed by atoms with Crippen LogP contribution in [0.1, 0.15) is 24.5 Å². The fraction of sp³-hybridized carbons (Fsp3) is 0.310. The number of nitrogens with one attached hydrogen (secondary N) is 1. The number of hydrogen-bond donors (Lipinski definition) is 1. The molecule has 1 atom stereocenters. The Labute approximate surface area is 233 Å². The van der Waals surface area contributed by atoms with Crippen molar-refractivity contribution in [3.63, 3.8) is 0 Å². The molecule has 0 heterocycles. The summed E-state index contributed by atoms with van der Waals surface area (Å²) in [5.74, 6) is -2.97. The number of hydrogen-bond acceptors (Lipinski definition) is 5. The summed E-state index contributed by atoms with van der Waals surface area (Å²) in [7, 11) is -2.60. The molecule has 0 unspecified atom stereocenters. The summed E-state index contributed by atoms with van der Waals surface area (Å²) in [5.41, 5.74) is 1.22. The highest BCUT2D eigenvalue weighted by molar-refractivity contribution is 7.92. The second kappa shape index (κ2) is 13.9. The van der Waals surface area contributed by atoms with Gasteiger partial charge in [-0.3, -0.25) is 13.9 Å². The van der Waals surface area contributed by atoms with E-state index in [1.165, 1.54) is 12.0 Å². The molecule has 0 radical (unpaired) electrons. The van der Waals surface area contributed by atoms with Crippen molar-refractivity contribution in [3.05, 3.63) is 95.6 Å². The van der Waals surface area contributed by atoms with E-state index in [2.05, 4.69) is 5.32 Å². The SMILES string of the molecule is CCCNC(=O)[C@H](Cc1ccccc1)N(Cc1cccc(OC)c1)C(=O)CN(c1ccc(F)c(F)c1)S(C)(=O)=O. The number of nitrogens with zero attached hydrogens (tertiary/aromatic N) is 2. The summed E-state index contributed by atoms with van der Waals surface area (Å²) >= 11 is 0. The molecular formula is C29H33F2N3O5S. The number of carbonyl (C=O) groups excluding carboxylic acids is 2. The van der Waals surface area contributed by atoms with E-state index in [0.29, 0.717) is 34.7 Å². The van der Waals surface area contributed by atoms with Crippen molar-refractivity contribution in [1.29, 1.82) is 0 Å². The highest BCUT2D eigenvalue weighted by Crippen LogP contribution is 2.23. The van der Waals surface area contributed by atoms with Gasteiger partial charge in [0.1, 0.15) is 18.3 Å². The first-order valence-electron chi connectivity index (χ1n) is 12.7. The Balaban J connectivity index is 2.06. The predicted octanol–water partition coefficient (Wildman–Crippen LogP) is 3.91. The largest absolute Gasteiger partial charge is 0.497 e. The minimum atomic E-state index is -4.10. The number of ether oxygens (including phenoxy) is 1. The van der Waals surface area contributed by atoms with Gasteiger partial charge in [0, 0.05) is 25.6 Å². The van der Waals surface area contributed by atoms with Gasteiger partial charge in [-0.05, 0) is 41.8 Å². The normalized spacial score (nSPS) is 11.9. The first-order valence-corrected chi connectivity index (χ1v) is 14.5. The van der Waals surface area contributed by atoms with Gasteiger partial charge in [0.2, 0.25) is 21.8 Å². The van der Waals surface area contributed by atoms with E-state index in [9.17, 15) is 26.8 Å². The number of anilines is 1. The van der Waals surface area contributed by atoms with Gasteiger partial charge in [-0.25, -0.2) is 17.2 Å². The number of rotatable bonds is 13. The lowest BCUT2D eigenvalue weighted by Gasteiger charge is -2.33. The van der Waals surface area contributed by atoms with E-state index in [0.717, 1.165) is 24.0 Å². The van der Waals surface area contributed by atoms with Crippen LogP contribution in [0, 0.1) is 11.6 Å². The molecule has 0 aliphatic heterocycles. The van der Waals surface area contributed by atoms with Crippen LogP contribution in [-0.4, -0.2) is 57.6 Å². The summed E-state index contributed by atoms with van der Waals surface area (Å²) in [6.45, 7) is 1.51. The van der Waals surface area contributed by atoms with Gasteiger partial charge >= 0.3 is 0 Å². The van der Waals surface area contributed by atoms with Gasteiger partial charge in [-0.1, -0.05) is 49.4 Å². The lowest BCUT2D eigenvalue weighted by atomic mass is 10.0. The Hall–Kier alpha value is -3.99. The van der Waals surface area contributed by atoms with E-state index in [1.807, 2.05) is 37.3 Å². The fourth-order valence-electron chi connectivity index (χ4n) is 4.14. The van der Waals surface area contributed by atoms with Crippen molar-refractivity contribution >= 4 is 27.5 Å². The van der Waals surface area contributed by atoms with Crippen LogP contribution >= 0.6 is 0 Å². The monoisotopic (exact) mass is 573 g/mol. The smallest absolute Gasteiger partial charge is 0.244 e. The molecule has 0 saturated heterocycles. The molecule has 0 saturated carbocycles. The van der Waals surface area contributed by atoms with Gasteiger partial charge < -0.3 is 15.0 Å². The van der Waals surface area contributed by atoms with Gasteiger partial charge in [0.15, 0.2) is 11.6 Å². The number of amides is 2. The first-order chi connectivity index (χ1) is 19.0. The zero-order chi connectivity index (χ0) is 29.3. The van der Waals surface area contributed by atoms with Crippen LogP contribution in [0.4, 0.5) is 14.5 Å². The molecule has 0 aliphatic rings. The van der Waals surface area contributed by atoms with Crippen LogP contribution in [0.25, 0.3) is 0 Å². The van der Waals surface area contributed by atoms with E-state index in [1.54, 1.807) is 24.3 Å². The topological polar surface area (TPSA) is 96.0 Å². The van der Waals surface area contributed by atoms with E-state index in [-0.39, 0.29) is 18.7 Å². The van der Waals surface area contributed by atoms with E-state index < -0.39 is 46.1 Å². The zero-order valence-electron chi connectivity index (χ0n) is 22.6. The molecule has 0 aromatic heterocycles. The summed E-state index contributed by atoms with van der Waals surface area (Å²) in [4.78, 5) is 28.7. The first kappa shape index (κ1) is 30.6. The predicted molar refractivity (Wildman–Crippen MR) is 149 cm³/mol. The molecule has 0 spiro atoms. The van der Waals surface area contributed by atoms with Crippen LogP contribution in [0.3, 0.4) is 0 Å². The third kappa shape index (κ3) is 8.25. The summed E-state index contributed by atoms with van der Waals surface area (Å²) in [5, 5.41) is 2.84. The molecule has 0 aliphatic carbocycles. The second-order valence-electron chi connectivity index (χ2n) is 9.24. The van der Waals surface area contributed by atoms with Crippen LogP contribution in [0.2, 0.25) is 0 Å². The van der Waals surface area contributed by atoms with Crippen molar-refractivity contribution in [2.45, 2.75) is 32.4 Å². The number of carbonyl (C=O) groups is 2. The molecule has 1 N–H and O–H groups in total. The quantitative estimate of drug-likeness (QED) is 0.335. The number of benzene rings is 3. The Morgan fingerprint density at radius 2 is 1.65 bits per heavy atom.